The Morgan fingerprint density at radius 2 is 2.09 bits per heavy atom. The average Bonchev–Trinajstić information content (AvgIpc) is 2.56. The predicted octanol–water partition coefficient (Wildman–Crippen LogP) is 2.54. The van der Waals surface area contributed by atoms with Crippen LogP contribution in [0.1, 0.15) is 34.8 Å². The van der Waals surface area contributed by atoms with Gasteiger partial charge in [-0.2, -0.15) is 0 Å². The van der Waals surface area contributed by atoms with Crippen LogP contribution in [-0.4, -0.2) is 21.7 Å². The fraction of sp³-hybridized carbons (Fsp3) is 0.333. The molecule has 0 fully saturated rings. The number of carboxylic acids is 1. The molecule has 0 aliphatic carbocycles. The molecule has 5 nitrogen and oxygen atoms in total. The molecule has 0 bridgehead atoms. The zero-order chi connectivity index (χ0) is 16.4. The standard InChI is InChI=1S/C18H20N2O3/c1-2-20-11-15(18(22)23)16(21)14-9-8-13(19-17(14)20)10-12-6-4-3-5-7-12/h3-7,11,13,19H,2,8-10H2,1H3,(H,22,23). The number of pyridine rings is 1. The van der Waals surface area contributed by atoms with Gasteiger partial charge in [-0.15, -0.1) is 0 Å². The van der Waals surface area contributed by atoms with Crippen molar-refractivity contribution >= 4 is 11.8 Å². The molecule has 1 aromatic heterocycles. The summed E-state index contributed by atoms with van der Waals surface area (Å²) in [5.74, 6) is -0.388. The van der Waals surface area contributed by atoms with Gasteiger partial charge < -0.3 is 15.0 Å². The Morgan fingerprint density at radius 1 is 1.35 bits per heavy atom. The van der Waals surface area contributed by atoms with Crippen LogP contribution in [0, 0.1) is 0 Å². The summed E-state index contributed by atoms with van der Waals surface area (Å²) >= 11 is 0. The van der Waals surface area contributed by atoms with Crippen LogP contribution in [0.25, 0.3) is 0 Å². The Bertz CT molecular complexity index is 781. The summed E-state index contributed by atoms with van der Waals surface area (Å²) < 4.78 is 1.83. The number of carbonyl (C=O) groups is 1. The Morgan fingerprint density at radius 3 is 2.74 bits per heavy atom. The smallest absolute Gasteiger partial charge is 0.341 e. The molecule has 0 saturated carbocycles. The van der Waals surface area contributed by atoms with Crippen molar-refractivity contribution in [3.63, 3.8) is 0 Å². The number of nitrogens with zero attached hydrogens (tertiary/aromatic N) is 1. The number of hydrogen-bond donors (Lipinski definition) is 2. The number of anilines is 1. The number of carboxylic acid groups (broad SMARTS) is 1. The second kappa shape index (κ2) is 6.28. The molecule has 1 atom stereocenters. The summed E-state index contributed by atoms with van der Waals surface area (Å²) in [5.41, 5.74) is 1.34. The quantitative estimate of drug-likeness (QED) is 0.910. The molecule has 1 unspecified atom stereocenters. The lowest BCUT2D eigenvalue weighted by Crippen LogP contribution is -2.35. The van der Waals surface area contributed by atoms with Crippen molar-refractivity contribution in [2.24, 2.45) is 0 Å². The molecule has 2 N–H and O–H groups in total. The maximum absolute atomic E-state index is 12.4. The number of aromatic carboxylic acids is 1. The summed E-state index contributed by atoms with van der Waals surface area (Å²) in [6.07, 6.45) is 3.77. The first-order valence-electron chi connectivity index (χ1n) is 7.90. The number of aryl methyl sites for hydroxylation is 1. The Balaban J connectivity index is 1.93. The van der Waals surface area contributed by atoms with E-state index in [1.807, 2.05) is 29.7 Å². The fourth-order valence-corrected chi connectivity index (χ4v) is 3.16. The van der Waals surface area contributed by atoms with Crippen LogP contribution >= 0.6 is 0 Å². The largest absolute Gasteiger partial charge is 0.477 e. The van der Waals surface area contributed by atoms with E-state index in [1.54, 1.807) is 0 Å². The minimum Gasteiger partial charge on any atom is -0.477 e. The van der Waals surface area contributed by atoms with Crippen LogP contribution in [-0.2, 0) is 19.4 Å². The van der Waals surface area contributed by atoms with E-state index in [0.29, 0.717) is 18.5 Å². The van der Waals surface area contributed by atoms with Gasteiger partial charge in [-0.3, -0.25) is 4.79 Å². The molecule has 2 aromatic rings. The van der Waals surface area contributed by atoms with Crippen molar-refractivity contribution in [2.45, 2.75) is 38.8 Å². The number of hydrogen-bond acceptors (Lipinski definition) is 3. The van der Waals surface area contributed by atoms with Gasteiger partial charge in [-0.05, 0) is 31.7 Å². The zero-order valence-corrected chi connectivity index (χ0v) is 13.1. The van der Waals surface area contributed by atoms with Gasteiger partial charge in [-0.1, -0.05) is 30.3 Å². The van der Waals surface area contributed by atoms with E-state index >= 15 is 0 Å². The van der Waals surface area contributed by atoms with Crippen molar-refractivity contribution < 1.29 is 9.90 Å². The summed E-state index contributed by atoms with van der Waals surface area (Å²) in [7, 11) is 0. The third-order valence-electron chi connectivity index (χ3n) is 4.36. The second-order valence-corrected chi connectivity index (χ2v) is 5.86. The lowest BCUT2D eigenvalue weighted by Gasteiger charge is -2.29. The highest BCUT2D eigenvalue weighted by atomic mass is 16.4. The Hall–Kier alpha value is -2.56. The molecule has 1 aliphatic rings. The minimum atomic E-state index is -1.16. The summed E-state index contributed by atoms with van der Waals surface area (Å²) in [6, 6.07) is 10.5. The van der Waals surface area contributed by atoms with E-state index in [-0.39, 0.29) is 17.0 Å². The van der Waals surface area contributed by atoms with Crippen molar-refractivity contribution in [1.29, 1.82) is 0 Å². The SMILES string of the molecule is CCn1cc(C(=O)O)c(=O)c2c1NC(Cc1ccccc1)CC2. The van der Waals surface area contributed by atoms with E-state index in [0.717, 1.165) is 18.7 Å². The first-order valence-corrected chi connectivity index (χ1v) is 7.90. The number of rotatable bonds is 4. The van der Waals surface area contributed by atoms with E-state index in [1.165, 1.54) is 11.8 Å². The Kier molecular flexibility index (Phi) is 4.19. The molecule has 5 heteroatoms. The highest BCUT2D eigenvalue weighted by Gasteiger charge is 2.25. The molecule has 1 aliphatic heterocycles. The number of nitrogens with one attached hydrogen (secondary N) is 1. The molecule has 2 heterocycles. The number of fused-ring (bicyclic) bond motifs is 1. The third-order valence-corrected chi connectivity index (χ3v) is 4.36. The van der Waals surface area contributed by atoms with E-state index < -0.39 is 5.97 Å². The van der Waals surface area contributed by atoms with Gasteiger partial charge in [-0.25, -0.2) is 4.79 Å². The summed E-state index contributed by atoms with van der Waals surface area (Å²) in [6.45, 7) is 2.56. The minimum absolute atomic E-state index is 0.145. The van der Waals surface area contributed by atoms with Gasteiger partial charge in [0.15, 0.2) is 0 Å². The summed E-state index contributed by atoms with van der Waals surface area (Å²) in [5, 5.41) is 12.6. The van der Waals surface area contributed by atoms with Crippen LogP contribution in [0.5, 0.6) is 0 Å². The lowest BCUT2D eigenvalue weighted by atomic mass is 9.94. The molecular formula is C18H20N2O3. The van der Waals surface area contributed by atoms with Crippen molar-refractivity contribution in [3.8, 4) is 0 Å². The monoisotopic (exact) mass is 312 g/mol. The predicted molar refractivity (Wildman–Crippen MR) is 89.2 cm³/mol. The second-order valence-electron chi connectivity index (χ2n) is 5.86. The summed E-state index contributed by atoms with van der Waals surface area (Å²) in [4.78, 5) is 23.6. The Labute approximate surface area is 134 Å². The van der Waals surface area contributed by atoms with Gasteiger partial charge in [0.2, 0.25) is 5.43 Å². The first kappa shape index (κ1) is 15.3. The highest BCUT2D eigenvalue weighted by molar-refractivity contribution is 5.88. The molecule has 120 valence electrons. The van der Waals surface area contributed by atoms with Crippen molar-refractivity contribution in [2.75, 3.05) is 5.32 Å². The number of benzene rings is 1. The van der Waals surface area contributed by atoms with Crippen LogP contribution in [0.3, 0.4) is 0 Å². The van der Waals surface area contributed by atoms with Crippen LogP contribution in [0.15, 0.2) is 41.3 Å². The van der Waals surface area contributed by atoms with E-state index in [2.05, 4.69) is 17.4 Å². The third kappa shape index (κ3) is 2.99. The fourth-order valence-electron chi connectivity index (χ4n) is 3.16. The molecule has 0 saturated heterocycles. The zero-order valence-electron chi connectivity index (χ0n) is 13.1. The van der Waals surface area contributed by atoms with Gasteiger partial charge in [0.1, 0.15) is 11.4 Å². The van der Waals surface area contributed by atoms with Gasteiger partial charge >= 0.3 is 5.97 Å². The molecular weight excluding hydrogens is 292 g/mol. The van der Waals surface area contributed by atoms with Crippen molar-refractivity contribution in [1.82, 2.24) is 4.57 Å². The van der Waals surface area contributed by atoms with Gasteiger partial charge in [0.05, 0.1) is 0 Å². The number of aromatic nitrogens is 1. The first-order chi connectivity index (χ1) is 11.1. The van der Waals surface area contributed by atoms with E-state index in [9.17, 15) is 14.7 Å². The van der Waals surface area contributed by atoms with Crippen LogP contribution in [0.4, 0.5) is 5.82 Å². The molecule has 0 radical (unpaired) electrons. The van der Waals surface area contributed by atoms with E-state index in [4.69, 9.17) is 0 Å². The molecule has 1 aromatic carbocycles. The topological polar surface area (TPSA) is 71.3 Å². The normalized spacial score (nSPS) is 16.5. The molecule has 0 spiro atoms. The highest BCUT2D eigenvalue weighted by Crippen LogP contribution is 2.25. The lowest BCUT2D eigenvalue weighted by molar-refractivity contribution is 0.0694. The average molecular weight is 312 g/mol. The van der Waals surface area contributed by atoms with Crippen LogP contribution < -0.4 is 10.7 Å². The van der Waals surface area contributed by atoms with Gasteiger partial charge in [0, 0.05) is 24.3 Å². The van der Waals surface area contributed by atoms with Gasteiger partial charge in [0.25, 0.3) is 0 Å². The molecule has 3 rings (SSSR count). The molecule has 0 amide bonds. The van der Waals surface area contributed by atoms with Crippen LogP contribution in [0.2, 0.25) is 0 Å². The van der Waals surface area contributed by atoms with Crippen molar-refractivity contribution in [3.05, 3.63) is 63.4 Å². The maximum atomic E-state index is 12.4. The maximum Gasteiger partial charge on any atom is 0.341 e. The molecule has 23 heavy (non-hydrogen) atoms.